The van der Waals surface area contributed by atoms with Gasteiger partial charge in [-0.25, -0.2) is 0 Å². The van der Waals surface area contributed by atoms with E-state index in [0.717, 1.165) is 6.42 Å². The highest BCUT2D eigenvalue weighted by Crippen LogP contribution is 2.54. The van der Waals surface area contributed by atoms with Crippen molar-refractivity contribution in [3.05, 3.63) is 150 Å². The molecule has 7 aromatic rings. The first-order chi connectivity index (χ1) is 20.6. The second-order valence-corrected chi connectivity index (χ2v) is 13.2. The number of hydrogen-bond acceptors (Lipinski definition) is 2. The summed E-state index contributed by atoms with van der Waals surface area (Å²) in [5.74, 6) is 0. The quantitative estimate of drug-likeness (QED) is 0.210. The first-order valence-corrected chi connectivity index (χ1v) is 15.6. The fraction of sp³-hybridized carbons (Fsp3) is 0.100. The average molecular weight is 556 g/mol. The Kier molecular flexibility index (Phi) is 4.95. The van der Waals surface area contributed by atoms with Crippen LogP contribution < -0.4 is 4.90 Å². The summed E-state index contributed by atoms with van der Waals surface area (Å²) in [5, 5.41) is 2.79. The molecule has 2 heteroatoms. The normalized spacial score (nSPS) is 14.0. The third kappa shape index (κ3) is 3.30. The molecule has 2 aliphatic carbocycles. The third-order valence-electron chi connectivity index (χ3n) is 9.43. The van der Waals surface area contributed by atoms with E-state index < -0.39 is 0 Å². The Morgan fingerprint density at radius 2 is 1.21 bits per heavy atom. The molecule has 0 amide bonds. The van der Waals surface area contributed by atoms with Crippen LogP contribution in [0.3, 0.4) is 0 Å². The van der Waals surface area contributed by atoms with Gasteiger partial charge in [-0.1, -0.05) is 92.7 Å². The minimum absolute atomic E-state index is 0.00141. The highest BCUT2D eigenvalue weighted by Gasteiger charge is 2.37. The van der Waals surface area contributed by atoms with Crippen molar-refractivity contribution in [2.75, 3.05) is 4.90 Å². The molecule has 6 aromatic carbocycles. The van der Waals surface area contributed by atoms with Crippen LogP contribution in [0.15, 0.2) is 127 Å². The van der Waals surface area contributed by atoms with E-state index in [9.17, 15) is 0 Å². The Morgan fingerprint density at radius 1 is 0.548 bits per heavy atom. The maximum atomic E-state index is 2.48. The number of thiophene rings is 1. The van der Waals surface area contributed by atoms with Crippen LogP contribution in [-0.2, 0) is 11.8 Å². The van der Waals surface area contributed by atoms with Gasteiger partial charge in [0.1, 0.15) is 0 Å². The molecule has 0 spiro atoms. The van der Waals surface area contributed by atoms with Gasteiger partial charge in [-0.2, -0.15) is 0 Å². The van der Waals surface area contributed by atoms with Gasteiger partial charge >= 0.3 is 0 Å². The molecule has 0 fully saturated rings. The largest absolute Gasteiger partial charge is 0.310 e. The zero-order valence-electron chi connectivity index (χ0n) is 23.7. The SMILES string of the molecule is CC1(C)c2ccccc2-c2ccc3c(sc4cc5c(cc43)Cc3cc(N(c4ccccc4)c4ccccc4)ccc3-5)c21. The fourth-order valence-electron chi connectivity index (χ4n) is 7.50. The lowest BCUT2D eigenvalue weighted by atomic mass is 9.82. The number of benzene rings is 6. The Balaban J connectivity index is 1.17. The predicted octanol–water partition coefficient (Wildman–Crippen LogP) is 11.4. The van der Waals surface area contributed by atoms with E-state index in [4.69, 9.17) is 0 Å². The van der Waals surface area contributed by atoms with E-state index >= 15 is 0 Å². The second kappa shape index (κ2) is 8.67. The van der Waals surface area contributed by atoms with E-state index in [1.165, 1.54) is 81.7 Å². The molecule has 0 N–H and O–H groups in total. The van der Waals surface area contributed by atoms with Crippen molar-refractivity contribution in [2.45, 2.75) is 25.7 Å². The van der Waals surface area contributed by atoms with Gasteiger partial charge in [-0.3, -0.25) is 0 Å². The molecule has 2 aliphatic rings. The molecule has 1 heterocycles. The van der Waals surface area contributed by atoms with Gasteiger partial charge in [-0.05, 0) is 99.5 Å². The van der Waals surface area contributed by atoms with E-state index in [1.807, 2.05) is 11.3 Å². The molecule has 1 aromatic heterocycles. The molecule has 0 saturated carbocycles. The summed E-state index contributed by atoms with van der Waals surface area (Å²) in [4.78, 5) is 2.36. The van der Waals surface area contributed by atoms with Crippen molar-refractivity contribution in [3.8, 4) is 22.3 Å². The molecule has 0 bridgehead atoms. The van der Waals surface area contributed by atoms with E-state index in [0.29, 0.717) is 0 Å². The van der Waals surface area contributed by atoms with E-state index in [1.54, 1.807) is 0 Å². The molecule has 0 atom stereocenters. The highest BCUT2D eigenvalue weighted by molar-refractivity contribution is 7.26. The zero-order valence-corrected chi connectivity index (χ0v) is 24.5. The Labute approximate surface area is 250 Å². The van der Waals surface area contributed by atoms with Crippen LogP contribution in [0, 0.1) is 0 Å². The van der Waals surface area contributed by atoms with Gasteiger partial charge in [0.2, 0.25) is 0 Å². The van der Waals surface area contributed by atoms with Crippen LogP contribution in [0.25, 0.3) is 42.4 Å². The summed E-state index contributed by atoms with van der Waals surface area (Å²) in [6.07, 6.45) is 0.963. The van der Waals surface area contributed by atoms with Crippen LogP contribution in [-0.4, -0.2) is 0 Å². The van der Waals surface area contributed by atoms with Crippen molar-refractivity contribution in [2.24, 2.45) is 0 Å². The summed E-state index contributed by atoms with van der Waals surface area (Å²) in [5.41, 5.74) is 14.9. The van der Waals surface area contributed by atoms with Crippen molar-refractivity contribution >= 4 is 48.6 Å². The first-order valence-electron chi connectivity index (χ1n) is 14.7. The summed E-state index contributed by atoms with van der Waals surface area (Å²) in [6.45, 7) is 4.78. The summed E-state index contributed by atoms with van der Waals surface area (Å²) >= 11 is 1.97. The van der Waals surface area contributed by atoms with Crippen LogP contribution in [0.4, 0.5) is 17.1 Å². The summed E-state index contributed by atoms with van der Waals surface area (Å²) in [7, 11) is 0. The smallest absolute Gasteiger partial charge is 0.0464 e. The Bertz CT molecular complexity index is 2150. The van der Waals surface area contributed by atoms with E-state index in [-0.39, 0.29) is 5.41 Å². The van der Waals surface area contributed by atoms with Gasteiger partial charge in [-0.15, -0.1) is 11.3 Å². The predicted molar refractivity (Wildman–Crippen MR) is 180 cm³/mol. The molecule has 0 aliphatic heterocycles. The average Bonchev–Trinajstić information content (AvgIpc) is 3.64. The number of hydrogen-bond donors (Lipinski definition) is 0. The minimum Gasteiger partial charge on any atom is -0.310 e. The Morgan fingerprint density at radius 3 is 1.98 bits per heavy atom. The molecule has 0 radical (unpaired) electrons. The molecular formula is C40H29NS. The number of rotatable bonds is 3. The lowest BCUT2D eigenvalue weighted by molar-refractivity contribution is 0.667. The molecule has 42 heavy (non-hydrogen) atoms. The second-order valence-electron chi connectivity index (χ2n) is 12.2. The fourth-order valence-corrected chi connectivity index (χ4v) is 8.94. The van der Waals surface area contributed by atoms with Crippen molar-refractivity contribution < 1.29 is 0 Å². The maximum absolute atomic E-state index is 2.48. The van der Waals surface area contributed by atoms with Gasteiger partial charge in [0.15, 0.2) is 0 Å². The lowest BCUT2D eigenvalue weighted by Crippen LogP contribution is -2.14. The first kappa shape index (κ1) is 24.0. The Hall–Kier alpha value is -4.66. The molecule has 0 unspecified atom stereocenters. The van der Waals surface area contributed by atoms with Crippen LogP contribution >= 0.6 is 11.3 Å². The summed E-state index contributed by atoms with van der Waals surface area (Å²) < 4.78 is 2.83. The number of para-hydroxylation sites is 2. The van der Waals surface area contributed by atoms with Crippen molar-refractivity contribution in [1.29, 1.82) is 0 Å². The maximum Gasteiger partial charge on any atom is 0.0464 e. The van der Waals surface area contributed by atoms with Crippen LogP contribution in [0.1, 0.15) is 36.1 Å². The number of nitrogens with zero attached hydrogens (tertiary/aromatic N) is 1. The lowest BCUT2D eigenvalue weighted by Gasteiger charge is -2.26. The number of fused-ring (bicyclic) bond motifs is 10. The zero-order chi connectivity index (χ0) is 28.0. The van der Waals surface area contributed by atoms with Crippen LogP contribution in [0.5, 0.6) is 0 Å². The highest BCUT2D eigenvalue weighted by atomic mass is 32.1. The van der Waals surface area contributed by atoms with Gasteiger partial charge in [0, 0.05) is 42.6 Å². The standard InChI is InChI=1S/C40H29NS/c1-40(2)36-16-10-9-15-31(36)32-19-20-33-35-23-26-21-25-22-29(17-18-30(25)34(26)24-37(35)42-39(33)38(32)40)41(27-11-5-3-6-12-27)28-13-7-4-8-14-28/h3-20,22-24H,21H2,1-2H3. The minimum atomic E-state index is 0.00141. The monoisotopic (exact) mass is 555 g/mol. The molecule has 0 saturated heterocycles. The van der Waals surface area contributed by atoms with Crippen LogP contribution in [0.2, 0.25) is 0 Å². The number of anilines is 3. The van der Waals surface area contributed by atoms with E-state index in [2.05, 4.69) is 146 Å². The van der Waals surface area contributed by atoms with Gasteiger partial charge in [0.05, 0.1) is 0 Å². The topological polar surface area (TPSA) is 3.24 Å². The molecule has 200 valence electrons. The third-order valence-corrected chi connectivity index (χ3v) is 10.6. The molecule has 1 nitrogen and oxygen atoms in total. The van der Waals surface area contributed by atoms with Gasteiger partial charge < -0.3 is 4.90 Å². The molecule has 9 rings (SSSR count). The summed E-state index contributed by atoms with van der Waals surface area (Å²) in [6, 6.07) is 47.0. The van der Waals surface area contributed by atoms with Crippen molar-refractivity contribution in [1.82, 2.24) is 0 Å². The van der Waals surface area contributed by atoms with Gasteiger partial charge in [0.25, 0.3) is 0 Å². The molecular weight excluding hydrogens is 527 g/mol. The van der Waals surface area contributed by atoms with Crippen molar-refractivity contribution in [3.63, 3.8) is 0 Å².